The molecule has 0 amide bonds. The number of hydrogen-bond donors (Lipinski definition) is 1. The van der Waals surface area contributed by atoms with Crippen molar-refractivity contribution in [2.45, 2.75) is 44.4 Å². The van der Waals surface area contributed by atoms with Crippen LogP contribution in [0.1, 0.15) is 30.4 Å². The minimum atomic E-state index is 0.343. The molecule has 0 bridgehead atoms. The van der Waals surface area contributed by atoms with E-state index < -0.39 is 0 Å². The fourth-order valence-corrected chi connectivity index (χ4v) is 3.45. The van der Waals surface area contributed by atoms with E-state index in [-0.39, 0.29) is 0 Å². The second kappa shape index (κ2) is 6.04. The minimum absolute atomic E-state index is 0.343. The molecule has 2 unspecified atom stereocenters. The van der Waals surface area contributed by atoms with Crippen molar-refractivity contribution in [3.8, 4) is 0 Å². The van der Waals surface area contributed by atoms with E-state index in [9.17, 15) is 0 Å². The van der Waals surface area contributed by atoms with Gasteiger partial charge in [0.15, 0.2) is 0 Å². The Morgan fingerprint density at radius 3 is 2.84 bits per heavy atom. The molecule has 0 saturated carbocycles. The molecule has 3 rings (SSSR count). The van der Waals surface area contributed by atoms with Crippen molar-refractivity contribution < 1.29 is 4.74 Å². The highest BCUT2D eigenvalue weighted by Gasteiger charge is 2.30. The number of fused-ring (bicyclic) bond motifs is 1. The lowest BCUT2D eigenvalue weighted by atomic mass is 10.0. The van der Waals surface area contributed by atoms with Gasteiger partial charge in [-0.3, -0.25) is 4.90 Å². The van der Waals surface area contributed by atoms with Crippen molar-refractivity contribution >= 4 is 0 Å². The van der Waals surface area contributed by atoms with Crippen molar-refractivity contribution in [1.29, 1.82) is 0 Å². The first kappa shape index (κ1) is 13.1. The molecule has 104 valence electrons. The maximum Gasteiger partial charge on any atom is 0.0743 e. The van der Waals surface area contributed by atoms with Crippen LogP contribution in [0.3, 0.4) is 0 Å². The number of aryl methyl sites for hydroxylation is 1. The summed E-state index contributed by atoms with van der Waals surface area (Å²) in [4.78, 5) is 2.54. The van der Waals surface area contributed by atoms with Crippen LogP contribution >= 0.6 is 0 Å². The summed E-state index contributed by atoms with van der Waals surface area (Å²) in [6.07, 6.45) is 5.11. The van der Waals surface area contributed by atoms with Gasteiger partial charge in [0.2, 0.25) is 0 Å². The first-order valence-corrected chi connectivity index (χ1v) is 7.51. The zero-order chi connectivity index (χ0) is 13.1. The van der Waals surface area contributed by atoms with E-state index in [0.717, 1.165) is 19.7 Å². The normalized spacial score (nSPS) is 25.8. The summed E-state index contributed by atoms with van der Waals surface area (Å²) in [5.74, 6) is 0. The number of rotatable bonds is 3. The van der Waals surface area contributed by atoms with Gasteiger partial charge < -0.3 is 10.5 Å². The fourth-order valence-electron chi connectivity index (χ4n) is 3.45. The Labute approximate surface area is 115 Å². The van der Waals surface area contributed by atoms with Crippen molar-refractivity contribution in [1.82, 2.24) is 4.90 Å². The Kier molecular flexibility index (Phi) is 4.16. The SMILES string of the molecule is NCC(C1CCCO1)N1CCCc2ccccc2C1. The zero-order valence-corrected chi connectivity index (χ0v) is 11.6. The molecule has 3 nitrogen and oxygen atoms in total. The molecule has 2 aliphatic heterocycles. The van der Waals surface area contributed by atoms with Gasteiger partial charge >= 0.3 is 0 Å². The average Bonchev–Trinajstić information content (AvgIpc) is 2.87. The second-order valence-corrected chi connectivity index (χ2v) is 5.70. The quantitative estimate of drug-likeness (QED) is 0.902. The summed E-state index contributed by atoms with van der Waals surface area (Å²) in [5, 5.41) is 0. The van der Waals surface area contributed by atoms with Gasteiger partial charge in [-0.05, 0) is 43.4 Å². The molecule has 0 aliphatic carbocycles. The highest BCUT2D eigenvalue weighted by Crippen LogP contribution is 2.24. The Morgan fingerprint density at radius 1 is 1.26 bits per heavy atom. The maximum absolute atomic E-state index is 6.03. The Morgan fingerprint density at radius 2 is 2.11 bits per heavy atom. The fraction of sp³-hybridized carbons (Fsp3) is 0.625. The number of nitrogens with two attached hydrogens (primary N) is 1. The van der Waals surface area contributed by atoms with Crippen LogP contribution in [-0.4, -0.2) is 36.7 Å². The summed E-state index contributed by atoms with van der Waals surface area (Å²) >= 11 is 0. The van der Waals surface area contributed by atoms with Crippen LogP contribution in [0.15, 0.2) is 24.3 Å². The average molecular weight is 260 g/mol. The molecule has 0 radical (unpaired) electrons. The smallest absolute Gasteiger partial charge is 0.0743 e. The van der Waals surface area contributed by atoms with Crippen molar-refractivity contribution in [3.63, 3.8) is 0 Å². The van der Waals surface area contributed by atoms with Crippen LogP contribution < -0.4 is 5.73 Å². The predicted molar refractivity (Wildman–Crippen MR) is 77.0 cm³/mol. The van der Waals surface area contributed by atoms with E-state index in [2.05, 4.69) is 29.2 Å². The van der Waals surface area contributed by atoms with Gasteiger partial charge in [-0.2, -0.15) is 0 Å². The van der Waals surface area contributed by atoms with Crippen LogP contribution in [0.5, 0.6) is 0 Å². The lowest BCUT2D eigenvalue weighted by molar-refractivity contribution is 0.0243. The predicted octanol–water partition coefficient (Wildman–Crippen LogP) is 1.94. The summed E-state index contributed by atoms with van der Waals surface area (Å²) < 4.78 is 5.87. The molecule has 2 aliphatic rings. The molecule has 1 aromatic carbocycles. The Hall–Kier alpha value is -0.900. The van der Waals surface area contributed by atoms with Crippen LogP contribution in [0.25, 0.3) is 0 Å². The molecule has 2 heterocycles. The van der Waals surface area contributed by atoms with E-state index in [1.165, 1.54) is 36.8 Å². The molecule has 3 heteroatoms. The van der Waals surface area contributed by atoms with Gasteiger partial charge in [-0.15, -0.1) is 0 Å². The largest absolute Gasteiger partial charge is 0.377 e. The highest BCUT2D eigenvalue weighted by atomic mass is 16.5. The van der Waals surface area contributed by atoms with Gasteiger partial charge in [0, 0.05) is 25.7 Å². The van der Waals surface area contributed by atoms with Gasteiger partial charge in [0.1, 0.15) is 0 Å². The third-order valence-electron chi connectivity index (χ3n) is 4.49. The lowest BCUT2D eigenvalue weighted by Crippen LogP contribution is -2.47. The van der Waals surface area contributed by atoms with E-state index in [0.29, 0.717) is 18.7 Å². The summed E-state index contributed by atoms with van der Waals surface area (Å²) in [7, 11) is 0. The Bertz CT molecular complexity index is 415. The molecule has 1 saturated heterocycles. The van der Waals surface area contributed by atoms with Crippen LogP contribution in [0.2, 0.25) is 0 Å². The van der Waals surface area contributed by atoms with E-state index >= 15 is 0 Å². The number of benzene rings is 1. The van der Waals surface area contributed by atoms with Gasteiger partial charge in [-0.25, -0.2) is 0 Å². The van der Waals surface area contributed by atoms with E-state index in [1.807, 2.05) is 0 Å². The van der Waals surface area contributed by atoms with Gasteiger partial charge in [0.25, 0.3) is 0 Å². The molecule has 2 atom stereocenters. The van der Waals surface area contributed by atoms with Crippen molar-refractivity contribution in [2.24, 2.45) is 5.73 Å². The zero-order valence-electron chi connectivity index (χ0n) is 11.6. The van der Waals surface area contributed by atoms with Crippen LogP contribution in [0, 0.1) is 0 Å². The Balaban J connectivity index is 1.77. The highest BCUT2D eigenvalue weighted by molar-refractivity contribution is 5.28. The molecule has 1 aromatic rings. The first-order chi connectivity index (χ1) is 9.38. The second-order valence-electron chi connectivity index (χ2n) is 5.70. The van der Waals surface area contributed by atoms with E-state index in [4.69, 9.17) is 10.5 Å². The summed E-state index contributed by atoms with van der Waals surface area (Å²) in [6, 6.07) is 9.20. The standard InChI is InChI=1S/C16H24N2O/c17-11-15(16-8-4-10-19-16)18-9-3-7-13-5-1-2-6-14(13)12-18/h1-2,5-6,15-16H,3-4,7-12,17H2. The first-order valence-electron chi connectivity index (χ1n) is 7.51. The molecular formula is C16H24N2O. The summed E-state index contributed by atoms with van der Waals surface area (Å²) in [6.45, 7) is 3.77. The molecule has 0 aromatic heterocycles. The molecular weight excluding hydrogens is 236 g/mol. The third-order valence-corrected chi connectivity index (χ3v) is 4.49. The number of ether oxygens (including phenoxy) is 1. The summed E-state index contributed by atoms with van der Waals surface area (Å²) in [5.41, 5.74) is 9.01. The molecule has 1 fully saturated rings. The van der Waals surface area contributed by atoms with E-state index in [1.54, 1.807) is 0 Å². The number of nitrogens with zero attached hydrogens (tertiary/aromatic N) is 1. The van der Waals surface area contributed by atoms with Crippen molar-refractivity contribution in [3.05, 3.63) is 35.4 Å². The topological polar surface area (TPSA) is 38.5 Å². The van der Waals surface area contributed by atoms with Crippen LogP contribution in [-0.2, 0) is 17.7 Å². The molecule has 2 N–H and O–H groups in total. The van der Waals surface area contributed by atoms with Gasteiger partial charge in [-0.1, -0.05) is 24.3 Å². The number of hydrogen-bond acceptors (Lipinski definition) is 3. The molecule has 0 spiro atoms. The third kappa shape index (κ3) is 2.83. The van der Waals surface area contributed by atoms with Gasteiger partial charge in [0.05, 0.1) is 6.10 Å². The van der Waals surface area contributed by atoms with Crippen molar-refractivity contribution in [2.75, 3.05) is 19.7 Å². The minimum Gasteiger partial charge on any atom is -0.377 e. The monoisotopic (exact) mass is 260 g/mol. The lowest BCUT2D eigenvalue weighted by Gasteiger charge is -2.33. The molecule has 19 heavy (non-hydrogen) atoms. The van der Waals surface area contributed by atoms with Crippen LogP contribution in [0.4, 0.5) is 0 Å². The maximum atomic E-state index is 6.03.